The number of ether oxygens (including phenoxy) is 1. The van der Waals surface area contributed by atoms with Crippen LogP contribution in [0, 0.1) is 6.92 Å². The molecule has 0 radical (unpaired) electrons. The third kappa shape index (κ3) is 3.64. The van der Waals surface area contributed by atoms with Gasteiger partial charge in [0.25, 0.3) is 5.91 Å². The van der Waals surface area contributed by atoms with Crippen molar-refractivity contribution in [2.24, 2.45) is 0 Å². The van der Waals surface area contributed by atoms with E-state index in [2.05, 4.69) is 0 Å². The molecule has 0 aliphatic carbocycles. The second-order valence-corrected chi connectivity index (χ2v) is 9.78. The van der Waals surface area contributed by atoms with Crippen molar-refractivity contribution in [1.82, 2.24) is 4.98 Å². The van der Waals surface area contributed by atoms with Gasteiger partial charge in [0.1, 0.15) is 16.1 Å². The van der Waals surface area contributed by atoms with Crippen LogP contribution in [0.15, 0.2) is 66.7 Å². The minimum Gasteiger partial charge on any atom is -0.494 e. The highest BCUT2D eigenvalue weighted by Gasteiger charge is 2.27. The number of aryl methyl sites for hydroxylation is 1. The molecule has 0 spiro atoms. The van der Waals surface area contributed by atoms with Crippen LogP contribution in [0.1, 0.15) is 20.8 Å². The van der Waals surface area contributed by atoms with E-state index in [0.29, 0.717) is 27.3 Å². The van der Waals surface area contributed by atoms with Crippen molar-refractivity contribution in [3.05, 3.63) is 87.8 Å². The molecule has 0 saturated carbocycles. The van der Waals surface area contributed by atoms with Gasteiger partial charge >= 0.3 is 0 Å². The molecule has 0 saturated heterocycles. The van der Waals surface area contributed by atoms with Crippen LogP contribution < -0.4 is 9.64 Å². The van der Waals surface area contributed by atoms with Crippen molar-refractivity contribution in [2.45, 2.75) is 13.5 Å². The van der Waals surface area contributed by atoms with Gasteiger partial charge in [-0.15, -0.1) is 11.3 Å². The quantitative estimate of drug-likeness (QED) is 0.265. The summed E-state index contributed by atoms with van der Waals surface area (Å²) in [7, 11) is 1.63. The topological polar surface area (TPSA) is 42.4 Å². The Hall–Kier alpha value is -2.93. The molecule has 0 unspecified atom stereocenters. The molecule has 2 heterocycles. The fourth-order valence-corrected chi connectivity index (χ4v) is 6.16. The van der Waals surface area contributed by atoms with Crippen molar-refractivity contribution in [3.63, 3.8) is 0 Å². The smallest absolute Gasteiger partial charge is 0.272 e. The highest BCUT2D eigenvalue weighted by Crippen LogP contribution is 2.40. The van der Waals surface area contributed by atoms with Crippen LogP contribution in [0.4, 0.5) is 5.13 Å². The number of thiazole rings is 1. The van der Waals surface area contributed by atoms with Crippen LogP contribution in [0.25, 0.3) is 20.3 Å². The Labute approximate surface area is 198 Å². The van der Waals surface area contributed by atoms with Gasteiger partial charge in [0.15, 0.2) is 5.13 Å². The van der Waals surface area contributed by atoms with Crippen molar-refractivity contribution >= 4 is 65.6 Å². The first-order valence-corrected chi connectivity index (χ1v) is 12.0. The van der Waals surface area contributed by atoms with Crippen LogP contribution in [0.5, 0.6) is 5.75 Å². The van der Waals surface area contributed by atoms with Crippen LogP contribution in [0.2, 0.25) is 5.02 Å². The molecule has 0 aliphatic heterocycles. The number of methoxy groups -OCH3 is 1. The number of benzene rings is 3. The average Bonchev–Trinajstić information content (AvgIpc) is 3.41. The van der Waals surface area contributed by atoms with E-state index in [4.69, 9.17) is 21.3 Å². The maximum Gasteiger partial charge on any atom is 0.272 e. The summed E-state index contributed by atoms with van der Waals surface area (Å²) in [6.07, 6.45) is 0. The van der Waals surface area contributed by atoms with Gasteiger partial charge in [-0.1, -0.05) is 77.5 Å². The summed E-state index contributed by atoms with van der Waals surface area (Å²) in [6.45, 7) is 2.43. The maximum absolute atomic E-state index is 13.8. The number of hydrogen-bond donors (Lipinski definition) is 0. The van der Waals surface area contributed by atoms with Gasteiger partial charge < -0.3 is 4.74 Å². The lowest BCUT2D eigenvalue weighted by Crippen LogP contribution is -2.29. The van der Waals surface area contributed by atoms with Gasteiger partial charge in [0, 0.05) is 10.1 Å². The number of nitrogens with zero attached hydrogens (tertiary/aromatic N) is 2. The van der Waals surface area contributed by atoms with Gasteiger partial charge in [-0.3, -0.25) is 9.69 Å². The molecule has 0 atom stereocenters. The molecule has 2 aromatic heterocycles. The predicted molar refractivity (Wildman–Crippen MR) is 135 cm³/mol. The summed E-state index contributed by atoms with van der Waals surface area (Å²) in [4.78, 5) is 20.9. The number of halogens is 1. The third-order valence-corrected chi connectivity index (χ3v) is 8.18. The predicted octanol–water partition coefficient (Wildman–Crippen LogP) is 7.33. The average molecular weight is 479 g/mol. The molecule has 1 amide bonds. The van der Waals surface area contributed by atoms with E-state index in [1.807, 2.05) is 73.7 Å². The minimum atomic E-state index is -0.157. The summed E-state index contributed by atoms with van der Waals surface area (Å²) in [5.41, 5.74) is 2.87. The fourth-order valence-electron chi connectivity index (χ4n) is 3.65. The van der Waals surface area contributed by atoms with E-state index < -0.39 is 0 Å². The van der Waals surface area contributed by atoms with Crippen molar-refractivity contribution < 1.29 is 9.53 Å². The number of anilines is 1. The second kappa shape index (κ2) is 8.54. The molecule has 0 aliphatic rings. The highest BCUT2D eigenvalue weighted by molar-refractivity contribution is 7.23. The zero-order chi connectivity index (χ0) is 22.2. The van der Waals surface area contributed by atoms with Gasteiger partial charge in [-0.05, 0) is 30.2 Å². The van der Waals surface area contributed by atoms with Crippen LogP contribution in [-0.2, 0) is 6.54 Å². The van der Waals surface area contributed by atoms with E-state index in [9.17, 15) is 4.79 Å². The first-order valence-electron chi connectivity index (χ1n) is 10.0. The molecule has 7 heteroatoms. The Morgan fingerprint density at radius 3 is 2.53 bits per heavy atom. The van der Waals surface area contributed by atoms with Crippen LogP contribution >= 0.6 is 34.3 Å². The monoisotopic (exact) mass is 478 g/mol. The molecular weight excluding hydrogens is 460 g/mol. The second-order valence-electron chi connectivity index (χ2n) is 7.38. The lowest BCUT2D eigenvalue weighted by atomic mass is 10.2. The molecule has 0 N–H and O–H groups in total. The lowest BCUT2D eigenvalue weighted by Gasteiger charge is -2.19. The Bertz CT molecular complexity index is 1440. The number of carbonyl (C=O) groups is 1. The Morgan fingerprint density at radius 1 is 1.03 bits per heavy atom. The SMILES string of the molecule is COc1ccc(C)c2sc(N(Cc3ccccc3)C(=O)c3sc4ccccc4c3Cl)nc12. The van der Waals surface area contributed by atoms with Crippen molar-refractivity contribution in [2.75, 3.05) is 12.0 Å². The molecule has 5 rings (SSSR count). The normalized spacial score (nSPS) is 11.2. The van der Waals surface area contributed by atoms with Crippen LogP contribution in [-0.4, -0.2) is 18.0 Å². The number of carbonyl (C=O) groups excluding carboxylic acids is 1. The number of amides is 1. The van der Waals surface area contributed by atoms with Crippen molar-refractivity contribution in [1.29, 1.82) is 0 Å². The summed E-state index contributed by atoms with van der Waals surface area (Å²) in [5.74, 6) is 0.538. The van der Waals surface area contributed by atoms with E-state index in [0.717, 1.165) is 31.4 Å². The Kier molecular flexibility index (Phi) is 5.59. The summed E-state index contributed by atoms with van der Waals surface area (Å²) < 4.78 is 7.51. The van der Waals surface area contributed by atoms with Gasteiger partial charge in [0.05, 0.1) is 23.4 Å². The number of hydrogen-bond acceptors (Lipinski definition) is 5. The molecule has 32 heavy (non-hydrogen) atoms. The molecule has 4 nitrogen and oxygen atoms in total. The first kappa shape index (κ1) is 20.9. The minimum absolute atomic E-state index is 0.157. The summed E-state index contributed by atoms with van der Waals surface area (Å²) in [6, 6.07) is 21.6. The molecule has 5 aromatic rings. The zero-order valence-electron chi connectivity index (χ0n) is 17.5. The number of thiophene rings is 1. The third-order valence-electron chi connectivity index (χ3n) is 5.30. The molecular formula is C25H19ClN2O2S2. The molecule has 160 valence electrons. The highest BCUT2D eigenvalue weighted by atomic mass is 35.5. The molecule has 3 aromatic carbocycles. The summed E-state index contributed by atoms with van der Waals surface area (Å²) in [5, 5.41) is 2.00. The first-order chi connectivity index (χ1) is 15.6. The van der Waals surface area contributed by atoms with Gasteiger partial charge in [0.2, 0.25) is 0 Å². The van der Waals surface area contributed by atoms with Gasteiger partial charge in [-0.2, -0.15) is 0 Å². The van der Waals surface area contributed by atoms with Crippen molar-refractivity contribution in [3.8, 4) is 5.75 Å². The Balaban J connectivity index is 1.65. The summed E-state index contributed by atoms with van der Waals surface area (Å²) >= 11 is 9.57. The van der Waals surface area contributed by atoms with E-state index >= 15 is 0 Å². The number of fused-ring (bicyclic) bond motifs is 2. The lowest BCUT2D eigenvalue weighted by molar-refractivity contribution is 0.0989. The standard InChI is InChI=1S/C25H19ClN2O2S2/c1-15-12-13-18(30-2)21-22(15)32-25(27-21)28(14-16-8-4-3-5-9-16)24(29)23-20(26)17-10-6-7-11-19(17)31-23/h3-13H,14H2,1-2H3. The fraction of sp³-hybridized carbons (Fsp3) is 0.120. The largest absolute Gasteiger partial charge is 0.494 e. The number of aromatic nitrogens is 1. The Morgan fingerprint density at radius 2 is 1.78 bits per heavy atom. The maximum atomic E-state index is 13.8. The van der Waals surface area contributed by atoms with Gasteiger partial charge in [-0.25, -0.2) is 4.98 Å². The molecule has 0 fully saturated rings. The number of rotatable bonds is 5. The van der Waals surface area contributed by atoms with E-state index in [-0.39, 0.29) is 5.91 Å². The van der Waals surface area contributed by atoms with Crippen LogP contribution in [0.3, 0.4) is 0 Å². The van der Waals surface area contributed by atoms with E-state index in [1.54, 1.807) is 12.0 Å². The zero-order valence-corrected chi connectivity index (χ0v) is 19.9. The van der Waals surface area contributed by atoms with E-state index in [1.165, 1.54) is 22.7 Å². The molecule has 0 bridgehead atoms.